The van der Waals surface area contributed by atoms with Gasteiger partial charge in [0.2, 0.25) is 0 Å². The number of hydrogen-bond acceptors (Lipinski definition) is 2. The molecule has 0 N–H and O–H groups in total. The molecule has 1 aromatic rings. The van der Waals surface area contributed by atoms with Gasteiger partial charge in [-0.15, -0.1) is 0 Å². The molecule has 0 spiro atoms. The monoisotopic (exact) mass is 250 g/mol. The topological polar surface area (TPSA) is 27.0 Å². The molecular weight excluding hydrogens is 234 g/mol. The summed E-state index contributed by atoms with van der Waals surface area (Å²) >= 11 is 0. The molecule has 0 aromatic heterocycles. The third-order valence-electron chi connectivity index (χ3n) is 3.57. The van der Waals surface area contributed by atoms with Gasteiger partial charge >= 0.3 is 0 Å². The summed E-state index contributed by atoms with van der Waals surface area (Å²) < 4.78 is 26.1. The molecule has 18 heavy (non-hydrogen) atoms. The number of nitrogens with zero attached hydrogens (tertiary/aromatic N) is 2. The Hall–Kier alpha value is -1.47. The molecule has 0 bridgehead atoms. The molecule has 1 aliphatic heterocycles. The van der Waals surface area contributed by atoms with Crippen LogP contribution >= 0.6 is 0 Å². The average molecular weight is 250 g/mol. The highest BCUT2D eigenvalue weighted by atomic mass is 19.2. The summed E-state index contributed by atoms with van der Waals surface area (Å²) in [7, 11) is 0. The van der Waals surface area contributed by atoms with Crippen LogP contribution < -0.4 is 0 Å². The van der Waals surface area contributed by atoms with E-state index in [0.29, 0.717) is 11.5 Å². The lowest BCUT2D eigenvalue weighted by Crippen LogP contribution is -2.35. The van der Waals surface area contributed by atoms with Gasteiger partial charge < -0.3 is 0 Å². The summed E-state index contributed by atoms with van der Waals surface area (Å²) in [5.41, 5.74) is 0.533. The first-order valence-corrected chi connectivity index (χ1v) is 6.20. The summed E-state index contributed by atoms with van der Waals surface area (Å²) in [4.78, 5) is 2.03. The van der Waals surface area contributed by atoms with E-state index >= 15 is 0 Å². The molecule has 4 heteroatoms. The number of likely N-dealkylation sites (tertiary alicyclic amines) is 1. The molecule has 0 amide bonds. The van der Waals surface area contributed by atoms with Gasteiger partial charge in [0.05, 0.1) is 6.07 Å². The Morgan fingerprint density at radius 1 is 1.28 bits per heavy atom. The van der Waals surface area contributed by atoms with E-state index in [1.165, 1.54) is 6.07 Å². The van der Waals surface area contributed by atoms with Crippen LogP contribution in [-0.4, -0.2) is 18.0 Å². The fourth-order valence-electron chi connectivity index (χ4n) is 2.34. The van der Waals surface area contributed by atoms with Crippen LogP contribution in [0.2, 0.25) is 0 Å². The molecule has 2 nitrogen and oxygen atoms in total. The predicted octanol–water partition coefficient (Wildman–Crippen LogP) is 3.26. The minimum Gasteiger partial charge on any atom is -0.284 e. The van der Waals surface area contributed by atoms with Crippen LogP contribution in [0.15, 0.2) is 18.2 Å². The van der Waals surface area contributed by atoms with Crippen LogP contribution in [0.5, 0.6) is 0 Å². The number of nitriles is 1. The van der Waals surface area contributed by atoms with E-state index < -0.39 is 17.7 Å². The highest BCUT2D eigenvalue weighted by molar-refractivity contribution is 5.26. The molecule has 1 saturated heterocycles. The van der Waals surface area contributed by atoms with Crippen LogP contribution in [0, 0.1) is 28.9 Å². The Bertz CT molecular complexity index is 459. The van der Waals surface area contributed by atoms with Crippen molar-refractivity contribution in [2.75, 3.05) is 13.1 Å². The molecule has 1 aliphatic rings. The molecule has 0 saturated carbocycles. The van der Waals surface area contributed by atoms with E-state index in [-0.39, 0.29) is 0 Å². The molecule has 96 valence electrons. The zero-order chi connectivity index (χ0) is 13.1. The maximum atomic E-state index is 13.2. The van der Waals surface area contributed by atoms with Gasteiger partial charge in [0.25, 0.3) is 0 Å². The Balaban J connectivity index is 2.18. The van der Waals surface area contributed by atoms with Gasteiger partial charge in [-0.25, -0.2) is 8.78 Å². The first-order chi connectivity index (χ1) is 8.61. The Morgan fingerprint density at radius 3 is 2.50 bits per heavy atom. The Morgan fingerprint density at radius 2 is 1.94 bits per heavy atom. The molecule has 1 atom stereocenters. The second-order valence-corrected chi connectivity index (χ2v) is 4.92. The molecule has 0 radical (unpaired) electrons. The van der Waals surface area contributed by atoms with Gasteiger partial charge in [-0.05, 0) is 49.5 Å². The number of benzene rings is 1. The summed E-state index contributed by atoms with van der Waals surface area (Å²) in [5.74, 6) is -1.09. The highest BCUT2D eigenvalue weighted by Gasteiger charge is 2.25. The van der Waals surface area contributed by atoms with E-state index in [9.17, 15) is 14.0 Å². The van der Waals surface area contributed by atoms with Crippen molar-refractivity contribution in [3.8, 4) is 6.07 Å². The van der Waals surface area contributed by atoms with Crippen molar-refractivity contribution >= 4 is 0 Å². The summed E-state index contributed by atoms with van der Waals surface area (Å²) in [5, 5.41) is 9.25. The zero-order valence-electron chi connectivity index (χ0n) is 10.4. The van der Waals surface area contributed by atoms with E-state index in [2.05, 4.69) is 13.0 Å². The molecule has 2 rings (SSSR count). The number of rotatable bonds is 2. The summed E-state index contributed by atoms with van der Waals surface area (Å²) in [6.07, 6.45) is 2.09. The summed E-state index contributed by atoms with van der Waals surface area (Å²) in [6.45, 7) is 3.85. The SMILES string of the molecule is CC1CCN(C(C#N)c2ccc(F)c(F)c2)CC1. The van der Waals surface area contributed by atoms with Gasteiger partial charge in [-0.2, -0.15) is 5.26 Å². The van der Waals surface area contributed by atoms with Crippen molar-refractivity contribution < 1.29 is 8.78 Å². The smallest absolute Gasteiger partial charge is 0.159 e. The molecule has 1 fully saturated rings. The fourth-order valence-corrected chi connectivity index (χ4v) is 2.34. The van der Waals surface area contributed by atoms with Gasteiger partial charge in [-0.3, -0.25) is 4.90 Å². The second kappa shape index (κ2) is 5.45. The first-order valence-electron chi connectivity index (χ1n) is 6.20. The minimum absolute atomic E-state index is 0.479. The maximum Gasteiger partial charge on any atom is 0.159 e. The third kappa shape index (κ3) is 2.68. The fraction of sp³-hybridized carbons (Fsp3) is 0.500. The number of halogens is 2. The Labute approximate surface area is 106 Å². The summed E-state index contributed by atoms with van der Waals surface area (Å²) in [6, 6.07) is 5.41. The molecule has 1 heterocycles. The van der Waals surface area contributed by atoms with Gasteiger partial charge in [-0.1, -0.05) is 13.0 Å². The second-order valence-electron chi connectivity index (χ2n) is 4.92. The average Bonchev–Trinajstić information content (AvgIpc) is 2.37. The van der Waals surface area contributed by atoms with Gasteiger partial charge in [0, 0.05) is 0 Å². The predicted molar refractivity (Wildman–Crippen MR) is 64.7 cm³/mol. The Kier molecular flexibility index (Phi) is 3.93. The largest absolute Gasteiger partial charge is 0.284 e. The van der Waals surface area contributed by atoms with E-state index in [1.807, 2.05) is 4.90 Å². The van der Waals surface area contributed by atoms with E-state index in [0.717, 1.165) is 38.1 Å². The lowest BCUT2D eigenvalue weighted by Gasteiger charge is -2.33. The van der Waals surface area contributed by atoms with Crippen molar-refractivity contribution in [3.05, 3.63) is 35.4 Å². The standard InChI is InChI=1S/C14H16F2N2/c1-10-4-6-18(7-5-10)14(9-17)11-2-3-12(15)13(16)8-11/h2-3,8,10,14H,4-7H2,1H3. The normalized spacial score (nSPS) is 19.4. The van der Waals surface area contributed by atoms with E-state index in [4.69, 9.17) is 0 Å². The number of piperidine rings is 1. The van der Waals surface area contributed by atoms with Crippen molar-refractivity contribution in [2.24, 2.45) is 5.92 Å². The minimum atomic E-state index is -0.891. The van der Waals surface area contributed by atoms with Crippen molar-refractivity contribution in [1.82, 2.24) is 4.90 Å². The quantitative estimate of drug-likeness (QED) is 0.805. The van der Waals surface area contributed by atoms with Crippen LogP contribution in [0.25, 0.3) is 0 Å². The highest BCUT2D eigenvalue weighted by Crippen LogP contribution is 2.27. The maximum absolute atomic E-state index is 13.2. The van der Waals surface area contributed by atoms with Crippen LogP contribution in [-0.2, 0) is 0 Å². The van der Waals surface area contributed by atoms with Crippen LogP contribution in [0.1, 0.15) is 31.4 Å². The third-order valence-corrected chi connectivity index (χ3v) is 3.57. The lowest BCUT2D eigenvalue weighted by atomic mass is 9.96. The number of hydrogen-bond donors (Lipinski definition) is 0. The van der Waals surface area contributed by atoms with Gasteiger partial charge in [0.15, 0.2) is 11.6 Å². The lowest BCUT2D eigenvalue weighted by molar-refractivity contribution is 0.164. The molecule has 1 unspecified atom stereocenters. The van der Waals surface area contributed by atoms with Crippen LogP contribution in [0.3, 0.4) is 0 Å². The van der Waals surface area contributed by atoms with Gasteiger partial charge in [0.1, 0.15) is 6.04 Å². The van der Waals surface area contributed by atoms with Crippen LogP contribution in [0.4, 0.5) is 8.78 Å². The molecule has 1 aromatic carbocycles. The van der Waals surface area contributed by atoms with Crippen molar-refractivity contribution in [2.45, 2.75) is 25.8 Å². The van der Waals surface area contributed by atoms with Crippen molar-refractivity contribution in [3.63, 3.8) is 0 Å². The zero-order valence-corrected chi connectivity index (χ0v) is 10.4. The molecular formula is C14H16F2N2. The van der Waals surface area contributed by atoms with E-state index in [1.54, 1.807) is 0 Å². The first kappa shape index (κ1) is 13.0. The van der Waals surface area contributed by atoms with Crippen molar-refractivity contribution in [1.29, 1.82) is 5.26 Å². The molecule has 0 aliphatic carbocycles.